The maximum absolute atomic E-state index is 12.9. The summed E-state index contributed by atoms with van der Waals surface area (Å²) in [6.45, 7) is -0.457. The summed E-state index contributed by atoms with van der Waals surface area (Å²) in [7, 11) is 3.85. The van der Waals surface area contributed by atoms with E-state index in [1.54, 1.807) is 12.1 Å². The third-order valence-electron chi connectivity index (χ3n) is 1.93. The minimum absolute atomic E-state index is 0.457. The van der Waals surface area contributed by atoms with Crippen molar-refractivity contribution in [2.75, 3.05) is 25.6 Å². The van der Waals surface area contributed by atoms with Gasteiger partial charge in [0, 0.05) is 19.8 Å². The zero-order valence-corrected chi connectivity index (χ0v) is 7.87. The van der Waals surface area contributed by atoms with Gasteiger partial charge >= 0.3 is 0 Å². The lowest BCUT2D eigenvalue weighted by Gasteiger charge is -2.13. The highest BCUT2D eigenvalue weighted by Gasteiger charge is 2.07. The summed E-state index contributed by atoms with van der Waals surface area (Å²) in [5.74, 6) is 0. The average Bonchev–Trinajstić information content (AvgIpc) is 2.17. The standard InChI is InChI=1S/C10H14FNO/c1-12(2)9-5-3-8(4-6-9)10(11)7-13/h3-6,10,13H,7H2,1-2H3. The van der Waals surface area contributed by atoms with Crippen LogP contribution in [0.5, 0.6) is 0 Å². The molecule has 0 spiro atoms. The Labute approximate surface area is 77.6 Å². The van der Waals surface area contributed by atoms with Gasteiger partial charge in [-0.05, 0) is 17.7 Å². The topological polar surface area (TPSA) is 23.5 Å². The first-order valence-corrected chi connectivity index (χ1v) is 4.17. The molecular weight excluding hydrogens is 169 g/mol. The van der Waals surface area contributed by atoms with Crippen LogP contribution in [-0.2, 0) is 0 Å². The third-order valence-corrected chi connectivity index (χ3v) is 1.93. The van der Waals surface area contributed by atoms with Crippen LogP contribution in [0.1, 0.15) is 11.7 Å². The number of aliphatic hydroxyl groups is 1. The lowest BCUT2D eigenvalue weighted by atomic mass is 10.1. The summed E-state index contributed by atoms with van der Waals surface area (Å²) in [4.78, 5) is 1.94. The molecule has 1 atom stereocenters. The second-order valence-electron chi connectivity index (χ2n) is 3.14. The van der Waals surface area contributed by atoms with Crippen molar-refractivity contribution in [3.8, 4) is 0 Å². The van der Waals surface area contributed by atoms with Gasteiger partial charge in [0.15, 0.2) is 0 Å². The molecule has 1 N–H and O–H groups in total. The van der Waals surface area contributed by atoms with E-state index in [2.05, 4.69) is 0 Å². The molecule has 1 aromatic carbocycles. The van der Waals surface area contributed by atoms with Gasteiger partial charge < -0.3 is 10.0 Å². The molecular formula is C10H14FNO. The number of nitrogens with zero attached hydrogens (tertiary/aromatic N) is 1. The van der Waals surface area contributed by atoms with E-state index in [1.165, 1.54) is 0 Å². The Kier molecular flexibility index (Phi) is 3.25. The monoisotopic (exact) mass is 183 g/mol. The fourth-order valence-corrected chi connectivity index (χ4v) is 1.09. The number of halogens is 1. The summed E-state index contributed by atoms with van der Waals surface area (Å²) in [5, 5.41) is 8.58. The van der Waals surface area contributed by atoms with Crippen molar-refractivity contribution in [2.24, 2.45) is 0 Å². The molecule has 0 amide bonds. The predicted octanol–water partition coefficient (Wildman–Crippen LogP) is 1.76. The minimum atomic E-state index is -1.27. The molecule has 0 fully saturated rings. The summed E-state index contributed by atoms with van der Waals surface area (Å²) < 4.78 is 12.9. The van der Waals surface area contributed by atoms with E-state index >= 15 is 0 Å². The Morgan fingerprint density at radius 2 is 1.85 bits per heavy atom. The SMILES string of the molecule is CN(C)c1ccc(C(F)CO)cc1. The zero-order chi connectivity index (χ0) is 9.84. The van der Waals surface area contributed by atoms with Crippen molar-refractivity contribution in [1.29, 1.82) is 0 Å². The van der Waals surface area contributed by atoms with Gasteiger partial charge in [-0.2, -0.15) is 0 Å². The van der Waals surface area contributed by atoms with Crippen LogP contribution < -0.4 is 4.90 Å². The number of alkyl halides is 1. The van der Waals surface area contributed by atoms with Crippen molar-refractivity contribution in [2.45, 2.75) is 6.17 Å². The fourth-order valence-electron chi connectivity index (χ4n) is 1.09. The van der Waals surface area contributed by atoms with E-state index in [0.29, 0.717) is 5.56 Å². The first kappa shape index (κ1) is 9.99. The Balaban J connectivity index is 2.81. The van der Waals surface area contributed by atoms with Gasteiger partial charge in [0.1, 0.15) is 6.17 Å². The number of aliphatic hydroxyl groups excluding tert-OH is 1. The number of hydrogen-bond donors (Lipinski definition) is 1. The first-order chi connectivity index (χ1) is 6.15. The molecule has 0 saturated carbocycles. The van der Waals surface area contributed by atoms with Crippen molar-refractivity contribution < 1.29 is 9.50 Å². The Morgan fingerprint density at radius 1 is 1.31 bits per heavy atom. The lowest BCUT2D eigenvalue weighted by molar-refractivity contribution is 0.180. The van der Waals surface area contributed by atoms with Crippen LogP contribution in [0.25, 0.3) is 0 Å². The van der Waals surface area contributed by atoms with Gasteiger partial charge in [-0.3, -0.25) is 0 Å². The Hall–Kier alpha value is -1.09. The van der Waals surface area contributed by atoms with Crippen LogP contribution in [0, 0.1) is 0 Å². The molecule has 0 saturated heterocycles. The molecule has 2 nitrogen and oxygen atoms in total. The molecule has 1 unspecified atom stereocenters. The largest absolute Gasteiger partial charge is 0.393 e. The van der Waals surface area contributed by atoms with E-state index < -0.39 is 12.8 Å². The quantitative estimate of drug-likeness (QED) is 0.771. The summed E-state index contributed by atoms with van der Waals surface area (Å²) >= 11 is 0. The second kappa shape index (κ2) is 4.23. The first-order valence-electron chi connectivity index (χ1n) is 4.17. The van der Waals surface area contributed by atoms with Gasteiger partial charge in [0.05, 0.1) is 6.61 Å². The van der Waals surface area contributed by atoms with Crippen LogP contribution in [0.2, 0.25) is 0 Å². The highest BCUT2D eigenvalue weighted by molar-refractivity contribution is 5.46. The molecule has 0 radical (unpaired) electrons. The number of hydrogen-bond acceptors (Lipinski definition) is 2. The molecule has 0 aliphatic carbocycles. The maximum Gasteiger partial charge on any atom is 0.148 e. The lowest BCUT2D eigenvalue weighted by Crippen LogP contribution is -2.08. The molecule has 0 heterocycles. The van der Waals surface area contributed by atoms with Crippen molar-refractivity contribution >= 4 is 5.69 Å². The Morgan fingerprint density at radius 3 is 2.23 bits per heavy atom. The molecule has 0 aromatic heterocycles. The minimum Gasteiger partial charge on any atom is -0.393 e. The normalized spacial score (nSPS) is 12.6. The Bertz CT molecular complexity index is 258. The van der Waals surface area contributed by atoms with Crippen LogP contribution >= 0.6 is 0 Å². The number of benzene rings is 1. The van der Waals surface area contributed by atoms with Gasteiger partial charge in [-0.1, -0.05) is 12.1 Å². The highest BCUT2D eigenvalue weighted by Crippen LogP contribution is 2.19. The van der Waals surface area contributed by atoms with Crippen LogP contribution in [0.4, 0.5) is 10.1 Å². The van der Waals surface area contributed by atoms with Crippen molar-refractivity contribution in [1.82, 2.24) is 0 Å². The van der Waals surface area contributed by atoms with E-state index in [9.17, 15) is 4.39 Å². The molecule has 1 aromatic rings. The van der Waals surface area contributed by atoms with Crippen LogP contribution in [0.3, 0.4) is 0 Å². The summed E-state index contributed by atoms with van der Waals surface area (Å²) in [5.41, 5.74) is 1.54. The maximum atomic E-state index is 12.9. The van der Waals surface area contributed by atoms with Crippen LogP contribution in [-0.4, -0.2) is 25.8 Å². The van der Waals surface area contributed by atoms with Gasteiger partial charge in [0.25, 0.3) is 0 Å². The van der Waals surface area contributed by atoms with Crippen molar-refractivity contribution in [3.05, 3.63) is 29.8 Å². The predicted molar refractivity (Wildman–Crippen MR) is 51.7 cm³/mol. The summed E-state index contributed by atoms with van der Waals surface area (Å²) in [6.07, 6.45) is -1.27. The van der Waals surface area contributed by atoms with E-state index in [-0.39, 0.29) is 0 Å². The molecule has 1 rings (SSSR count). The molecule has 13 heavy (non-hydrogen) atoms. The summed E-state index contributed by atoms with van der Waals surface area (Å²) in [6, 6.07) is 7.04. The van der Waals surface area contributed by atoms with Gasteiger partial charge in [-0.25, -0.2) is 4.39 Å². The van der Waals surface area contributed by atoms with E-state index in [1.807, 2.05) is 31.1 Å². The smallest absolute Gasteiger partial charge is 0.148 e. The second-order valence-corrected chi connectivity index (χ2v) is 3.14. The van der Waals surface area contributed by atoms with E-state index in [4.69, 9.17) is 5.11 Å². The van der Waals surface area contributed by atoms with Gasteiger partial charge in [-0.15, -0.1) is 0 Å². The molecule has 0 bridgehead atoms. The third kappa shape index (κ3) is 2.42. The molecule has 3 heteroatoms. The van der Waals surface area contributed by atoms with Gasteiger partial charge in [0.2, 0.25) is 0 Å². The zero-order valence-electron chi connectivity index (χ0n) is 7.87. The number of rotatable bonds is 3. The highest BCUT2D eigenvalue weighted by atomic mass is 19.1. The van der Waals surface area contributed by atoms with Crippen LogP contribution in [0.15, 0.2) is 24.3 Å². The van der Waals surface area contributed by atoms with E-state index in [0.717, 1.165) is 5.69 Å². The average molecular weight is 183 g/mol. The molecule has 0 aliphatic heterocycles. The fraction of sp³-hybridized carbons (Fsp3) is 0.400. The van der Waals surface area contributed by atoms with Crippen molar-refractivity contribution in [3.63, 3.8) is 0 Å². The number of anilines is 1. The molecule has 0 aliphatic rings. The molecule has 72 valence electrons.